The first-order valence-electron chi connectivity index (χ1n) is 10.1. The second-order valence-electron chi connectivity index (χ2n) is 7.91. The van der Waals surface area contributed by atoms with E-state index in [-0.39, 0.29) is 5.91 Å². The summed E-state index contributed by atoms with van der Waals surface area (Å²) in [5.41, 5.74) is 6.61. The Labute approximate surface area is 176 Å². The van der Waals surface area contributed by atoms with E-state index in [9.17, 15) is 14.7 Å². The molecule has 7 nitrogen and oxygen atoms in total. The maximum atomic E-state index is 12.9. The maximum Gasteiger partial charge on any atom is 0.339 e. The normalized spacial score (nSPS) is 16.7. The lowest BCUT2D eigenvalue weighted by atomic mass is 9.88. The number of hydrogen-bond donors (Lipinski definition) is 3. The van der Waals surface area contributed by atoms with Crippen LogP contribution in [0.1, 0.15) is 47.2 Å². The van der Waals surface area contributed by atoms with Crippen LogP contribution >= 0.6 is 0 Å². The van der Waals surface area contributed by atoms with Gasteiger partial charge < -0.3 is 25.6 Å². The number of rotatable bonds is 7. The number of aliphatic carboxylic acids is 1. The summed E-state index contributed by atoms with van der Waals surface area (Å²) in [5, 5.41) is 18.7. The van der Waals surface area contributed by atoms with E-state index in [2.05, 4.69) is 12.1 Å². The standard InChI is InChI=1S/C23H28N2O5/c1-23(29,22(27)28)15-30-20-7-3-6-19(13-20)21(26)25-10-8-17(9-11-25)18-5-2-4-16(12-18)14-24/h2-7,12-13,17,29H,8-11,14-15,24H2,1H3,(H,27,28)/t23-/m1/s1. The number of benzene rings is 2. The van der Waals surface area contributed by atoms with E-state index in [1.54, 1.807) is 24.3 Å². The number of aliphatic hydroxyl groups is 1. The Morgan fingerprint density at radius 3 is 2.53 bits per heavy atom. The number of likely N-dealkylation sites (tertiary alicyclic amines) is 1. The number of hydrogen-bond acceptors (Lipinski definition) is 5. The fourth-order valence-electron chi connectivity index (χ4n) is 3.58. The summed E-state index contributed by atoms with van der Waals surface area (Å²) >= 11 is 0. The van der Waals surface area contributed by atoms with Crippen LogP contribution in [0.3, 0.4) is 0 Å². The molecule has 7 heteroatoms. The van der Waals surface area contributed by atoms with Gasteiger partial charge in [-0.15, -0.1) is 0 Å². The van der Waals surface area contributed by atoms with Crippen molar-refractivity contribution in [3.63, 3.8) is 0 Å². The number of carboxylic acid groups (broad SMARTS) is 1. The van der Waals surface area contributed by atoms with Crippen molar-refractivity contribution < 1.29 is 24.5 Å². The maximum absolute atomic E-state index is 12.9. The van der Waals surface area contributed by atoms with Crippen LogP contribution < -0.4 is 10.5 Å². The zero-order valence-electron chi connectivity index (χ0n) is 17.1. The minimum absolute atomic E-state index is 0.0837. The van der Waals surface area contributed by atoms with Gasteiger partial charge in [-0.1, -0.05) is 30.3 Å². The van der Waals surface area contributed by atoms with Crippen molar-refractivity contribution in [1.29, 1.82) is 0 Å². The number of nitrogens with two attached hydrogens (primary N) is 1. The molecule has 0 spiro atoms. The number of carbonyl (C=O) groups excluding carboxylic acids is 1. The summed E-state index contributed by atoms with van der Waals surface area (Å²) in [4.78, 5) is 25.7. The first-order chi connectivity index (χ1) is 14.3. The van der Waals surface area contributed by atoms with Gasteiger partial charge in [0.2, 0.25) is 0 Å². The number of carbonyl (C=O) groups is 2. The molecule has 1 fully saturated rings. The van der Waals surface area contributed by atoms with Crippen molar-refractivity contribution in [2.45, 2.75) is 37.8 Å². The summed E-state index contributed by atoms with van der Waals surface area (Å²) in [7, 11) is 0. The molecule has 1 atom stereocenters. The van der Waals surface area contributed by atoms with E-state index >= 15 is 0 Å². The average molecular weight is 412 g/mol. The lowest BCUT2D eigenvalue weighted by Crippen LogP contribution is -2.41. The molecule has 3 rings (SSSR count). The van der Waals surface area contributed by atoms with Gasteiger partial charge in [0.1, 0.15) is 12.4 Å². The van der Waals surface area contributed by atoms with Crippen molar-refractivity contribution in [2.24, 2.45) is 5.73 Å². The van der Waals surface area contributed by atoms with E-state index in [0.717, 1.165) is 25.3 Å². The molecule has 30 heavy (non-hydrogen) atoms. The van der Waals surface area contributed by atoms with Crippen LogP contribution in [0.25, 0.3) is 0 Å². The van der Waals surface area contributed by atoms with Crippen LogP contribution in [0.4, 0.5) is 0 Å². The number of nitrogens with zero attached hydrogens (tertiary/aromatic N) is 1. The molecule has 1 heterocycles. The molecule has 2 aromatic carbocycles. The molecule has 0 aliphatic carbocycles. The Bertz CT molecular complexity index is 904. The number of ether oxygens (including phenoxy) is 1. The predicted molar refractivity (Wildman–Crippen MR) is 112 cm³/mol. The highest BCUT2D eigenvalue weighted by atomic mass is 16.5. The predicted octanol–water partition coefficient (Wildman–Crippen LogP) is 2.38. The average Bonchev–Trinajstić information content (AvgIpc) is 2.77. The monoisotopic (exact) mass is 412 g/mol. The van der Waals surface area contributed by atoms with Gasteiger partial charge in [-0.05, 0) is 55.0 Å². The zero-order valence-corrected chi connectivity index (χ0v) is 17.1. The van der Waals surface area contributed by atoms with Crippen LogP contribution in [0.5, 0.6) is 5.75 Å². The minimum atomic E-state index is -2.00. The Hall–Kier alpha value is -2.90. The fourth-order valence-corrected chi connectivity index (χ4v) is 3.58. The van der Waals surface area contributed by atoms with Crippen LogP contribution in [-0.4, -0.2) is 52.3 Å². The highest BCUT2D eigenvalue weighted by molar-refractivity contribution is 5.94. The van der Waals surface area contributed by atoms with Gasteiger partial charge in [0, 0.05) is 25.2 Å². The molecule has 1 aliphatic rings. The lowest BCUT2D eigenvalue weighted by molar-refractivity contribution is -0.159. The fraction of sp³-hybridized carbons (Fsp3) is 0.391. The van der Waals surface area contributed by atoms with Gasteiger partial charge in [0.15, 0.2) is 5.60 Å². The largest absolute Gasteiger partial charge is 0.490 e. The second-order valence-corrected chi connectivity index (χ2v) is 7.91. The number of amides is 1. The molecule has 0 bridgehead atoms. The van der Waals surface area contributed by atoms with Gasteiger partial charge in [0.25, 0.3) is 5.91 Å². The van der Waals surface area contributed by atoms with E-state index in [0.29, 0.717) is 36.9 Å². The second kappa shape index (κ2) is 9.28. The minimum Gasteiger partial charge on any atom is -0.490 e. The first-order valence-corrected chi connectivity index (χ1v) is 10.1. The van der Waals surface area contributed by atoms with Gasteiger partial charge in [-0.25, -0.2) is 4.79 Å². The highest BCUT2D eigenvalue weighted by Crippen LogP contribution is 2.29. The van der Waals surface area contributed by atoms with Crippen molar-refractivity contribution in [3.8, 4) is 5.75 Å². The third-order valence-electron chi connectivity index (χ3n) is 5.50. The van der Waals surface area contributed by atoms with Crippen LogP contribution in [-0.2, 0) is 11.3 Å². The van der Waals surface area contributed by atoms with Crippen molar-refractivity contribution in [3.05, 3.63) is 65.2 Å². The Balaban J connectivity index is 1.60. The van der Waals surface area contributed by atoms with E-state index in [1.165, 1.54) is 5.56 Å². The molecule has 1 saturated heterocycles. The number of carboxylic acids is 1. The van der Waals surface area contributed by atoms with E-state index in [4.69, 9.17) is 15.6 Å². The molecule has 0 radical (unpaired) electrons. The smallest absolute Gasteiger partial charge is 0.339 e. The lowest BCUT2D eigenvalue weighted by Gasteiger charge is -2.32. The molecule has 160 valence electrons. The van der Waals surface area contributed by atoms with Crippen LogP contribution in [0.15, 0.2) is 48.5 Å². The SMILES string of the molecule is C[C@@](O)(COc1cccc(C(=O)N2CCC(c3cccc(CN)c3)CC2)c1)C(=O)O. The Morgan fingerprint density at radius 1 is 1.17 bits per heavy atom. The van der Waals surface area contributed by atoms with E-state index < -0.39 is 18.2 Å². The summed E-state index contributed by atoms with van der Waals surface area (Å²) in [6, 6.07) is 14.9. The summed E-state index contributed by atoms with van der Waals surface area (Å²) in [6.45, 7) is 2.60. The molecular weight excluding hydrogens is 384 g/mol. The summed E-state index contributed by atoms with van der Waals surface area (Å²) in [6.07, 6.45) is 1.77. The van der Waals surface area contributed by atoms with Crippen LogP contribution in [0.2, 0.25) is 0 Å². The Kier molecular flexibility index (Phi) is 6.74. The molecule has 0 saturated carbocycles. The van der Waals surface area contributed by atoms with Gasteiger partial charge in [-0.3, -0.25) is 4.79 Å². The molecule has 0 aromatic heterocycles. The first kappa shape index (κ1) is 21.8. The van der Waals surface area contributed by atoms with E-state index in [1.807, 2.05) is 17.0 Å². The molecule has 1 aliphatic heterocycles. The molecule has 4 N–H and O–H groups in total. The quantitative estimate of drug-likeness (QED) is 0.644. The third-order valence-corrected chi connectivity index (χ3v) is 5.50. The Morgan fingerprint density at radius 2 is 1.87 bits per heavy atom. The highest BCUT2D eigenvalue weighted by Gasteiger charge is 2.31. The van der Waals surface area contributed by atoms with Crippen molar-refractivity contribution >= 4 is 11.9 Å². The molecule has 2 aromatic rings. The third kappa shape index (κ3) is 5.17. The van der Waals surface area contributed by atoms with Crippen molar-refractivity contribution in [2.75, 3.05) is 19.7 Å². The van der Waals surface area contributed by atoms with Gasteiger partial charge in [0.05, 0.1) is 0 Å². The zero-order chi connectivity index (χ0) is 21.7. The molecule has 0 unspecified atom stereocenters. The summed E-state index contributed by atoms with van der Waals surface area (Å²) in [5.74, 6) is -0.696. The van der Waals surface area contributed by atoms with Crippen LogP contribution in [0, 0.1) is 0 Å². The van der Waals surface area contributed by atoms with Gasteiger partial charge >= 0.3 is 5.97 Å². The molecule has 1 amide bonds. The van der Waals surface area contributed by atoms with Crippen molar-refractivity contribution in [1.82, 2.24) is 4.90 Å². The topological polar surface area (TPSA) is 113 Å². The summed E-state index contributed by atoms with van der Waals surface area (Å²) < 4.78 is 5.40. The number of piperidine rings is 1. The van der Waals surface area contributed by atoms with Gasteiger partial charge in [-0.2, -0.15) is 0 Å². The molecular formula is C23H28N2O5.